The maximum Gasteiger partial charge on any atom is 0.413 e. The number of halogens is 1. The van der Waals surface area contributed by atoms with Crippen LogP contribution < -0.4 is 5.32 Å². The molecule has 148 valence electrons. The average molecular weight is 396 g/mol. The number of carbonyl (C=O) groups is 1. The lowest BCUT2D eigenvalue weighted by Crippen LogP contribution is -2.51. The summed E-state index contributed by atoms with van der Waals surface area (Å²) in [5, 5.41) is 12.7. The third-order valence-electron chi connectivity index (χ3n) is 4.62. The van der Waals surface area contributed by atoms with Gasteiger partial charge in [0.05, 0.1) is 24.9 Å². The fourth-order valence-electron chi connectivity index (χ4n) is 3.45. The topological polar surface area (TPSA) is 80.2 Å². The van der Waals surface area contributed by atoms with Crippen LogP contribution in [0.15, 0.2) is 29.3 Å². The quantitative estimate of drug-likeness (QED) is 0.803. The zero-order valence-electron chi connectivity index (χ0n) is 15.7. The molecule has 1 aromatic rings. The molecule has 0 radical (unpaired) electrons. The first kappa shape index (κ1) is 20.1. The molecule has 2 heterocycles. The van der Waals surface area contributed by atoms with E-state index in [0.29, 0.717) is 29.5 Å². The molecule has 2 N–H and O–H groups in total. The van der Waals surface area contributed by atoms with Gasteiger partial charge in [-0.3, -0.25) is 10.3 Å². The Bertz CT molecular complexity index is 737. The molecule has 3 rings (SSSR count). The molecule has 0 saturated carbocycles. The highest BCUT2D eigenvalue weighted by molar-refractivity contribution is 8.13. The molecule has 0 spiro atoms. The van der Waals surface area contributed by atoms with Crippen molar-refractivity contribution < 1.29 is 23.8 Å². The van der Waals surface area contributed by atoms with Crippen molar-refractivity contribution in [3.05, 3.63) is 35.6 Å². The molecule has 1 saturated heterocycles. The lowest BCUT2D eigenvalue weighted by Gasteiger charge is -2.46. The number of aliphatic hydroxyl groups excluding tert-OH is 1. The summed E-state index contributed by atoms with van der Waals surface area (Å²) >= 11 is 1.38. The second-order valence-electron chi connectivity index (χ2n) is 7.80. The molecule has 0 aliphatic carbocycles. The predicted molar refractivity (Wildman–Crippen MR) is 102 cm³/mol. The first-order valence-corrected chi connectivity index (χ1v) is 9.92. The summed E-state index contributed by atoms with van der Waals surface area (Å²) in [6.07, 6.45) is -0.688. The average Bonchev–Trinajstić information content (AvgIpc) is 2.59. The molecule has 0 bridgehead atoms. The van der Waals surface area contributed by atoms with Crippen LogP contribution >= 0.6 is 11.8 Å². The van der Waals surface area contributed by atoms with Crippen molar-refractivity contribution in [2.45, 2.75) is 44.4 Å². The minimum Gasteiger partial charge on any atom is -0.444 e. The summed E-state index contributed by atoms with van der Waals surface area (Å²) in [7, 11) is 0. The molecule has 2 aliphatic rings. The highest BCUT2D eigenvalue weighted by Crippen LogP contribution is 2.47. The van der Waals surface area contributed by atoms with E-state index in [2.05, 4.69) is 5.32 Å². The number of rotatable bonds is 2. The summed E-state index contributed by atoms with van der Waals surface area (Å²) in [5.41, 5.74) is -1.07. The number of ether oxygens (including phenoxy) is 2. The van der Waals surface area contributed by atoms with Gasteiger partial charge in [-0.1, -0.05) is 30.0 Å². The SMILES string of the molecule is CC(C)(C)OC(=O)NC1=NC2(c3ccccc3F)C[C@H](CO)OCC2CS1. The van der Waals surface area contributed by atoms with Crippen molar-refractivity contribution in [3.8, 4) is 0 Å². The van der Waals surface area contributed by atoms with Crippen LogP contribution in [0.25, 0.3) is 0 Å². The number of nitrogens with one attached hydrogen (secondary N) is 1. The van der Waals surface area contributed by atoms with Crippen molar-refractivity contribution in [3.63, 3.8) is 0 Å². The maximum absolute atomic E-state index is 14.7. The Labute approximate surface area is 162 Å². The van der Waals surface area contributed by atoms with E-state index >= 15 is 0 Å². The number of benzene rings is 1. The van der Waals surface area contributed by atoms with Crippen LogP contribution in [-0.4, -0.2) is 47.0 Å². The number of carbonyl (C=O) groups excluding carboxylic acids is 1. The maximum atomic E-state index is 14.7. The first-order valence-electron chi connectivity index (χ1n) is 8.93. The van der Waals surface area contributed by atoms with Gasteiger partial charge in [-0.15, -0.1) is 0 Å². The number of alkyl carbamates (subject to hydrolysis) is 1. The van der Waals surface area contributed by atoms with E-state index in [1.165, 1.54) is 17.8 Å². The molecule has 2 aliphatic heterocycles. The number of fused-ring (bicyclic) bond motifs is 1. The number of amidine groups is 1. The number of aliphatic hydroxyl groups is 1. The van der Waals surface area contributed by atoms with Crippen LogP contribution in [0, 0.1) is 11.7 Å². The zero-order valence-corrected chi connectivity index (χ0v) is 16.5. The van der Waals surface area contributed by atoms with Crippen molar-refractivity contribution in [1.29, 1.82) is 0 Å². The third-order valence-corrected chi connectivity index (χ3v) is 5.66. The molecule has 8 heteroatoms. The number of hydrogen-bond donors (Lipinski definition) is 2. The van der Waals surface area contributed by atoms with Gasteiger partial charge in [-0.25, -0.2) is 9.18 Å². The fourth-order valence-corrected chi connectivity index (χ4v) is 4.57. The predicted octanol–water partition coefficient (Wildman–Crippen LogP) is 3.05. The van der Waals surface area contributed by atoms with Crippen LogP contribution in [0.1, 0.15) is 32.8 Å². The standard InChI is InChI=1S/C19H25FN2O4S/c1-18(2,3)26-17(24)21-16-22-19(14-6-4-5-7-15(14)20)8-13(9-23)25-10-12(19)11-27-16/h4-7,12-13,23H,8-11H2,1-3H3,(H,21,22,24)/t12?,13-,19?/m1/s1. The van der Waals surface area contributed by atoms with E-state index in [-0.39, 0.29) is 18.3 Å². The van der Waals surface area contributed by atoms with Gasteiger partial charge in [0.2, 0.25) is 0 Å². The van der Waals surface area contributed by atoms with Gasteiger partial charge in [0.1, 0.15) is 11.4 Å². The van der Waals surface area contributed by atoms with E-state index in [0.717, 1.165) is 0 Å². The van der Waals surface area contributed by atoms with E-state index in [1.54, 1.807) is 39.0 Å². The van der Waals surface area contributed by atoms with Gasteiger partial charge in [-0.2, -0.15) is 0 Å². The van der Waals surface area contributed by atoms with Crippen molar-refractivity contribution in [2.24, 2.45) is 10.9 Å². The molecular formula is C19H25FN2O4S. The Balaban J connectivity index is 1.96. The van der Waals surface area contributed by atoms with Gasteiger partial charge < -0.3 is 14.6 Å². The third kappa shape index (κ3) is 4.44. The molecule has 0 aromatic heterocycles. The lowest BCUT2D eigenvalue weighted by molar-refractivity contribution is -0.0744. The minimum atomic E-state index is -0.896. The van der Waals surface area contributed by atoms with Gasteiger partial charge in [0.25, 0.3) is 0 Å². The number of thioether (sulfide) groups is 1. The second-order valence-corrected chi connectivity index (χ2v) is 8.81. The van der Waals surface area contributed by atoms with Crippen molar-refractivity contribution in [2.75, 3.05) is 19.0 Å². The molecule has 3 atom stereocenters. The summed E-state index contributed by atoms with van der Waals surface area (Å²) in [6.45, 7) is 5.55. The molecule has 1 amide bonds. The van der Waals surface area contributed by atoms with Crippen molar-refractivity contribution >= 4 is 23.0 Å². The Morgan fingerprint density at radius 2 is 2.22 bits per heavy atom. The second kappa shape index (κ2) is 7.77. The van der Waals surface area contributed by atoms with Crippen LogP contribution in [0.3, 0.4) is 0 Å². The highest BCUT2D eigenvalue weighted by Gasteiger charge is 2.49. The Morgan fingerprint density at radius 1 is 1.48 bits per heavy atom. The molecule has 27 heavy (non-hydrogen) atoms. The minimum absolute atomic E-state index is 0.0635. The number of hydrogen-bond acceptors (Lipinski definition) is 6. The molecule has 1 aromatic carbocycles. The van der Waals surface area contributed by atoms with Gasteiger partial charge in [0, 0.05) is 23.7 Å². The fraction of sp³-hybridized carbons (Fsp3) is 0.579. The zero-order chi connectivity index (χ0) is 19.7. The van der Waals surface area contributed by atoms with Crippen LogP contribution in [-0.2, 0) is 15.0 Å². The van der Waals surface area contributed by atoms with Gasteiger partial charge in [-0.05, 0) is 26.8 Å². The van der Waals surface area contributed by atoms with Crippen molar-refractivity contribution in [1.82, 2.24) is 5.32 Å². The Kier molecular flexibility index (Phi) is 5.79. The van der Waals surface area contributed by atoms with E-state index in [9.17, 15) is 14.3 Å². The first-order chi connectivity index (χ1) is 12.7. The molecule has 2 unspecified atom stereocenters. The van der Waals surface area contributed by atoms with Gasteiger partial charge >= 0.3 is 6.09 Å². The summed E-state index contributed by atoms with van der Waals surface area (Å²) < 4.78 is 25.7. The smallest absolute Gasteiger partial charge is 0.413 e. The Morgan fingerprint density at radius 3 is 2.89 bits per heavy atom. The van der Waals surface area contributed by atoms with E-state index < -0.39 is 23.3 Å². The molecular weight excluding hydrogens is 371 g/mol. The molecule has 6 nitrogen and oxygen atoms in total. The van der Waals surface area contributed by atoms with E-state index in [4.69, 9.17) is 14.5 Å². The number of nitrogens with zero attached hydrogens (tertiary/aromatic N) is 1. The molecule has 1 fully saturated rings. The van der Waals surface area contributed by atoms with E-state index in [1.807, 2.05) is 0 Å². The largest absolute Gasteiger partial charge is 0.444 e. The van der Waals surface area contributed by atoms with Crippen LogP contribution in [0.2, 0.25) is 0 Å². The summed E-state index contributed by atoms with van der Waals surface area (Å²) in [4.78, 5) is 16.9. The highest BCUT2D eigenvalue weighted by atomic mass is 32.2. The van der Waals surface area contributed by atoms with Crippen LogP contribution in [0.5, 0.6) is 0 Å². The summed E-state index contributed by atoms with van der Waals surface area (Å²) in [5.74, 6) is 0.195. The lowest BCUT2D eigenvalue weighted by atomic mass is 9.73. The monoisotopic (exact) mass is 396 g/mol. The van der Waals surface area contributed by atoms with Crippen LogP contribution in [0.4, 0.5) is 9.18 Å². The van der Waals surface area contributed by atoms with Gasteiger partial charge in [0.15, 0.2) is 5.17 Å². The number of amides is 1. The summed E-state index contributed by atoms with van der Waals surface area (Å²) in [6, 6.07) is 6.52. The Hall–Kier alpha value is -1.64. The normalized spacial score (nSPS) is 28.1. The number of aliphatic imine (C=N–C) groups is 1.